The zero-order valence-corrected chi connectivity index (χ0v) is 11.9. The molecule has 0 radical (unpaired) electrons. The largest absolute Gasteiger partial charge is 0.411 e. The Balaban J connectivity index is 2.06. The molecular weight excluding hydrogens is 278 g/mol. The molecule has 1 aliphatic rings. The Morgan fingerprint density at radius 1 is 1.48 bits per heavy atom. The van der Waals surface area contributed by atoms with Crippen molar-refractivity contribution in [3.8, 4) is 0 Å². The van der Waals surface area contributed by atoms with Crippen LogP contribution in [-0.4, -0.2) is 34.8 Å². The Hall–Kier alpha value is -1.98. The first-order valence-corrected chi connectivity index (χ1v) is 6.98. The van der Waals surface area contributed by atoms with Crippen LogP contribution in [0.4, 0.5) is 8.78 Å². The van der Waals surface area contributed by atoms with Gasteiger partial charge >= 0.3 is 0 Å². The molecule has 1 aliphatic heterocycles. The number of carbonyl (C=O) groups is 1. The van der Waals surface area contributed by atoms with Gasteiger partial charge in [-0.05, 0) is 12.5 Å². The third-order valence-electron chi connectivity index (χ3n) is 3.90. The molecule has 1 heterocycles. The van der Waals surface area contributed by atoms with Crippen molar-refractivity contribution in [2.24, 2.45) is 11.1 Å². The van der Waals surface area contributed by atoms with Crippen molar-refractivity contribution in [1.29, 1.82) is 0 Å². The number of hydrogen-bond donors (Lipinski definition) is 1. The first kappa shape index (κ1) is 15.4. The van der Waals surface area contributed by atoms with Crippen molar-refractivity contribution < 1.29 is 18.8 Å². The number of rotatable bonds is 3. The van der Waals surface area contributed by atoms with Gasteiger partial charge in [-0.15, -0.1) is 0 Å². The van der Waals surface area contributed by atoms with E-state index in [9.17, 15) is 13.6 Å². The van der Waals surface area contributed by atoms with Gasteiger partial charge in [-0.25, -0.2) is 8.78 Å². The van der Waals surface area contributed by atoms with Crippen molar-refractivity contribution >= 4 is 11.6 Å². The molecule has 0 aliphatic carbocycles. The lowest BCUT2D eigenvalue weighted by Gasteiger charge is -2.33. The van der Waals surface area contributed by atoms with Gasteiger partial charge in [0.25, 0.3) is 0 Å². The highest BCUT2D eigenvalue weighted by Crippen LogP contribution is 2.19. The average molecular weight is 296 g/mol. The number of amides is 1. The van der Waals surface area contributed by atoms with Crippen LogP contribution >= 0.6 is 0 Å². The fourth-order valence-electron chi connectivity index (χ4n) is 2.60. The molecule has 1 amide bonds. The Morgan fingerprint density at radius 2 is 2.24 bits per heavy atom. The topological polar surface area (TPSA) is 52.9 Å². The van der Waals surface area contributed by atoms with Gasteiger partial charge in [0.1, 0.15) is 0 Å². The number of hydrogen-bond acceptors (Lipinski definition) is 3. The summed E-state index contributed by atoms with van der Waals surface area (Å²) in [6, 6.07) is 3.84. The van der Waals surface area contributed by atoms with Crippen molar-refractivity contribution in [2.45, 2.75) is 26.2 Å². The van der Waals surface area contributed by atoms with Crippen molar-refractivity contribution in [3.63, 3.8) is 0 Å². The maximum Gasteiger partial charge on any atom is 0.227 e. The number of halogens is 2. The molecule has 114 valence electrons. The molecule has 0 bridgehead atoms. The normalized spacial score (nSPS) is 20.8. The van der Waals surface area contributed by atoms with Crippen LogP contribution in [0.3, 0.4) is 0 Å². The minimum Gasteiger partial charge on any atom is -0.411 e. The monoisotopic (exact) mass is 296 g/mol. The second kappa shape index (κ2) is 6.65. The highest BCUT2D eigenvalue weighted by molar-refractivity contribution is 5.89. The van der Waals surface area contributed by atoms with Gasteiger partial charge in [-0.3, -0.25) is 4.79 Å². The van der Waals surface area contributed by atoms with E-state index in [1.54, 1.807) is 4.90 Å². The SMILES string of the molecule is CCC1CN(C(=O)Cc2cccc(F)c2F)CC/C1=N\O. The lowest BCUT2D eigenvalue weighted by Crippen LogP contribution is -2.44. The number of piperidine rings is 1. The van der Waals surface area contributed by atoms with E-state index in [4.69, 9.17) is 5.21 Å². The van der Waals surface area contributed by atoms with Gasteiger partial charge in [-0.1, -0.05) is 24.2 Å². The van der Waals surface area contributed by atoms with E-state index in [1.165, 1.54) is 12.1 Å². The summed E-state index contributed by atoms with van der Waals surface area (Å²) in [7, 11) is 0. The smallest absolute Gasteiger partial charge is 0.227 e. The molecule has 6 heteroatoms. The van der Waals surface area contributed by atoms with Gasteiger partial charge in [0.05, 0.1) is 12.1 Å². The molecule has 4 nitrogen and oxygen atoms in total. The van der Waals surface area contributed by atoms with Gasteiger partial charge in [-0.2, -0.15) is 0 Å². The second-order valence-electron chi connectivity index (χ2n) is 5.18. The van der Waals surface area contributed by atoms with E-state index in [2.05, 4.69) is 5.16 Å². The molecule has 1 aromatic carbocycles. The average Bonchev–Trinajstić information content (AvgIpc) is 2.51. The summed E-state index contributed by atoms with van der Waals surface area (Å²) in [6.45, 7) is 2.84. The van der Waals surface area contributed by atoms with E-state index in [-0.39, 0.29) is 23.8 Å². The van der Waals surface area contributed by atoms with Gasteiger partial charge in [0.2, 0.25) is 5.91 Å². The molecule has 1 atom stereocenters. The Bertz CT molecular complexity index is 561. The summed E-state index contributed by atoms with van der Waals surface area (Å²) in [5, 5.41) is 12.2. The standard InChI is InChI=1S/C15H18F2N2O2/c1-2-10-9-19(7-6-13(10)18-21)14(20)8-11-4-3-5-12(16)15(11)17/h3-5,10,21H,2,6-9H2,1H3/b18-13+. The number of nitrogens with zero attached hydrogens (tertiary/aromatic N) is 2. The summed E-state index contributed by atoms with van der Waals surface area (Å²) in [5.41, 5.74) is 0.758. The fourth-order valence-corrected chi connectivity index (χ4v) is 2.60. The maximum atomic E-state index is 13.6. The molecule has 21 heavy (non-hydrogen) atoms. The number of likely N-dealkylation sites (tertiary alicyclic amines) is 1. The molecule has 0 saturated carbocycles. The molecular formula is C15H18F2N2O2. The molecule has 2 rings (SSSR count). The summed E-state index contributed by atoms with van der Waals surface area (Å²) in [6.07, 6.45) is 1.11. The van der Waals surface area contributed by atoms with Crippen LogP contribution in [0.25, 0.3) is 0 Å². The quantitative estimate of drug-likeness (QED) is 0.688. The molecule has 1 aromatic rings. The third kappa shape index (κ3) is 3.37. The third-order valence-corrected chi connectivity index (χ3v) is 3.90. The van der Waals surface area contributed by atoms with Crippen molar-refractivity contribution in [3.05, 3.63) is 35.4 Å². The number of oxime groups is 1. The number of carbonyl (C=O) groups excluding carboxylic acids is 1. The van der Waals surface area contributed by atoms with Gasteiger partial charge in [0.15, 0.2) is 11.6 Å². The van der Waals surface area contributed by atoms with Crippen LogP contribution in [0.2, 0.25) is 0 Å². The predicted molar refractivity (Wildman–Crippen MR) is 74.3 cm³/mol. The molecule has 1 unspecified atom stereocenters. The second-order valence-corrected chi connectivity index (χ2v) is 5.18. The first-order chi connectivity index (χ1) is 10.1. The highest BCUT2D eigenvalue weighted by Gasteiger charge is 2.28. The predicted octanol–water partition coefficient (Wildman–Crippen LogP) is 2.60. The van der Waals surface area contributed by atoms with E-state index < -0.39 is 11.6 Å². The van der Waals surface area contributed by atoms with Crippen LogP contribution in [-0.2, 0) is 11.2 Å². The van der Waals surface area contributed by atoms with Crippen LogP contribution in [0.5, 0.6) is 0 Å². The summed E-state index contributed by atoms with van der Waals surface area (Å²) in [4.78, 5) is 13.8. The van der Waals surface area contributed by atoms with E-state index in [1.807, 2.05) is 6.92 Å². The molecule has 0 aromatic heterocycles. The van der Waals surface area contributed by atoms with Crippen molar-refractivity contribution in [2.75, 3.05) is 13.1 Å². The maximum absolute atomic E-state index is 13.6. The molecule has 0 spiro atoms. The van der Waals surface area contributed by atoms with Gasteiger partial charge < -0.3 is 10.1 Å². The van der Waals surface area contributed by atoms with E-state index in [0.29, 0.717) is 25.2 Å². The Labute approximate surface area is 122 Å². The Morgan fingerprint density at radius 3 is 2.90 bits per heavy atom. The van der Waals surface area contributed by atoms with Crippen LogP contribution in [0.15, 0.2) is 23.4 Å². The van der Waals surface area contributed by atoms with Crippen LogP contribution < -0.4 is 0 Å². The first-order valence-electron chi connectivity index (χ1n) is 6.98. The van der Waals surface area contributed by atoms with Crippen LogP contribution in [0.1, 0.15) is 25.3 Å². The molecule has 1 saturated heterocycles. The zero-order chi connectivity index (χ0) is 15.4. The lowest BCUT2D eigenvalue weighted by molar-refractivity contribution is -0.131. The van der Waals surface area contributed by atoms with Crippen molar-refractivity contribution in [1.82, 2.24) is 4.90 Å². The Kier molecular flexibility index (Phi) is 4.88. The minimum absolute atomic E-state index is 0.0186. The minimum atomic E-state index is -0.965. The molecule has 1 fully saturated rings. The van der Waals surface area contributed by atoms with E-state index in [0.717, 1.165) is 12.5 Å². The molecule has 1 N–H and O–H groups in total. The van der Waals surface area contributed by atoms with Crippen LogP contribution in [0, 0.1) is 17.6 Å². The lowest BCUT2D eigenvalue weighted by atomic mass is 9.93. The van der Waals surface area contributed by atoms with E-state index >= 15 is 0 Å². The summed E-state index contributed by atoms with van der Waals surface area (Å²) < 4.78 is 26.7. The fraction of sp³-hybridized carbons (Fsp3) is 0.467. The highest BCUT2D eigenvalue weighted by atomic mass is 19.2. The van der Waals surface area contributed by atoms with Gasteiger partial charge in [0, 0.05) is 31.0 Å². The number of benzene rings is 1. The summed E-state index contributed by atoms with van der Waals surface area (Å²) in [5.74, 6) is -2.13. The summed E-state index contributed by atoms with van der Waals surface area (Å²) >= 11 is 0. The zero-order valence-electron chi connectivity index (χ0n) is 11.9.